The Morgan fingerprint density at radius 2 is 1.69 bits per heavy atom. The number of morpholine rings is 1. The van der Waals surface area contributed by atoms with E-state index in [1.165, 1.54) is 0 Å². The first-order valence-corrected chi connectivity index (χ1v) is 6.23. The summed E-state index contributed by atoms with van der Waals surface area (Å²) in [6.07, 6.45) is 2.84. The molecule has 0 spiro atoms. The van der Waals surface area contributed by atoms with Gasteiger partial charge in [0.25, 0.3) is 0 Å². The van der Waals surface area contributed by atoms with Gasteiger partial charge >= 0.3 is 6.03 Å². The minimum absolute atomic E-state index is 0.210. The summed E-state index contributed by atoms with van der Waals surface area (Å²) >= 11 is 0. The smallest absolute Gasteiger partial charge is 0.320 e. The Hall–Kier alpha value is -0.810. The molecule has 5 heteroatoms. The number of likely N-dealkylation sites (tertiary alicyclic amines) is 1. The van der Waals surface area contributed by atoms with E-state index in [-0.39, 0.29) is 6.03 Å². The van der Waals surface area contributed by atoms with Gasteiger partial charge in [0, 0.05) is 39.3 Å². The van der Waals surface area contributed by atoms with E-state index >= 15 is 0 Å². The summed E-state index contributed by atoms with van der Waals surface area (Å²) in [4.78, 5) is 16.2. The Kier molecular flexibility index (Phi) is 2.73. The second-order valence-corrected chi connectivity index (χ2v) is 4.88. The SMILES string of the molecule is O=C(N1CCNCC1)N1CC2CCC(C1)O2. The van der Waals surface area contributed by atoms with Crippen LogP contribution in [0.4, 0.5) is 4.79 Å². The predicted octanol–water partition coefficient (Wildman–Crippen LogP) is -0.125. The van der Waals surface area contributed by atoms with Crippen molar-refractivity contribution in [2.45, 2.75) is 25.0 Å². The fourth-order valence-corrected chi connectivity index (χ4v) is 2.83. The maximum atomic E-state index is 12.2. The Morgan fingerprint density at radius 1 is 1.06 bits per heavy atom. The third kappa shape index (κ3) is 1.89. The lowest BCUT2D eigenvalue weighted by molar-refractivity contribution is -0.0289. The normalized spacial score (nSPS) is 34.2. The van der Waals surface area contributed by atoms with Crippen LogP contribution in [0.25, 0.3) is 0 Å². The number of piperazine rings is 1. The molecule has 3 aliphatic rings. The van der Waals surface area contributed by atoms with Crippen LogP contribution in [-0.4, -0.2) is 67.3 Å². The molecule has 0 saturated carbocycles. The van der Waals surface area contributed by atoms with Crippen molar-refractivity contribution in [1.82, 2.24) is 15.1 Å². The summed E-state index contributed by atoms with van der Waals surface area (Å²) in [5.74, 6) is 0. The van der Waals surface area contributed by atoms with E-state index in [0.717, 1.165) is 52.1 Å². The molecule has 90 valence electrons. The molecule has 16 heavy (non-hydrogen) atoms. The zero-order chi connectivity index (χ0) is 11.0. The van der Waals surface area contributed by atoms with Gasteiger partial charge in [0.2, 0.25) is 0 Å². The van der Waals surface area contributed by atoms with E-state index in [9.17, 15) is 4.79 Å². The van der Waals surface area contributed by atoms with E-state index in [4.69, 9.17) is 4.74 Å². The highest BCUT2D eigenvalue weighted by Gasteiger charge is 2.37. The lowest BCUT2D eigenvalue weighted by atomic mass is 10.2. The van der Waals surface area contributed by atoms with E-state index in [1.807, 2.05) is 9.80 Å². The lowest BCUT2D eigenvalue weighted by Crippen LogP contribution is -2.55. The maximum absolute atomic E-state index is 12.2. The summed E-state index contributed by atoms with van der Waals surface area (Å²) in [6, 6.07) is 0.210. The molecule has 5 nitrogen and oxygen atoms in total. The van der Waals surface area contributed by atoms with Crippen molar-refractivity contribution in [2.75, 3.05) is 39.3 Å². The predicted molar refractivity (Wildman–Crippen MR) is 59.3 cm³/mol. The van der Waals surface area contributed by atoms with Gasteiger partial charge in [-0.3, -0.25) is 0 Å². The number of hydrogen-bond acceptors (Lipinski definition) is 3. The Labute approximate surface area is 95.7 Å². The number of carbonyl (C=O) groups excluding carboxylic acids is 1. The Balaban J connectivity index is 1.61. The molecule has 2 amide bonds. The number of urea groups is 1. The van der Waals surface area contributed by atoms with Crippen molar-refractivity contribution < 1.29 is 9.53 Å². The van der Waals surface area contributed by atoms with Gasteiger partial charge in [-0.05, 0) is 12.8 Å². The molecule has 3 aliphatic heterocycles. The van der Waals surface area contributed by atoms with Gasteiger partial charge < -0.3 is 19.9 Å². The molecule has 3 heterocycles. The van der Waals surface area contributed by atoms with Crippen molar-refractivity contribution in [3.05, 3.63) is 0 Å². The molecular weight excluding hydrogens is 206 g/mol. The molecule has 0 aromatic heterocycles. The van der Waals surface area contributed by atoms with Crippen LogP contribution in [0.3, 0.4) is 0 Å². The van der Waals surface area contributed by atoms with Crippen molar-refractivity contribution in [2.24, 2.45) is 0 Å². The molecule has 2 bridgehead atoms. The van der Waals surface area contributed by atoms with Crippen LogP contribution in [0.2, 0.25) is 0 Å². The van der Waals surface area contributed by atoms with Crippen LogP contribution in [0.5, 0.6) is 0 Å². The average Bonchev–Trinajstić information content (AvgIpc) is 2.68. The molecule has 3 fully saturated rings. The van der Waals surface area contributed by atoms with Gasteiger partial charge in [-0.15, -0.1) is 0 Å². The molecule has 0 radical (unpaired) electrons. The molecule has 2 unspecified atom stereocenters. The number of nitrogens with zero attached hydrogens (tertiary/aromatic N) is 2. The molecule has 1 N–H and O–H groups in total. The average molecular weight is 225 g/mol. The number of amides is 2. The molecule has 0 aromatic carbocycles. The van der Waals surface area contributed by atoms with Crippen LogP contribution in [0.15, 0.2) is 0 Å². The minimum atomic E-state index is 0.210. The molecule has 3 rings (SSSR count). The topological polar surface area (TPSA) is 44.8 Å². The zero-order valence-electron chi connectivity index (χ0n) is 9.52. The Morgan fingerprint density at radius 3 is 2.31 bits per heavy atom. The quantitative estimate of drug-likeness (QED) is 0.625. The largest absolute Gasteiger partial charge is 0.371 e. The van der Waals surface area contributed by atoms with Gasteiger partial charge in [0.1, 0.15) is 0 Å². The standard InChI is InChI=1S/C11H19N3O2/c15-11(13-5-3-12-4-6-13)14-7-9-1-2-10(8-14)16-9/h9-10,12H,1-8H2. The molecule has 0 aromatic rings. The molecule has 3 saturated heterocycles. The van der Waals surface area contributed by atoms with Gasteiger partial charge in [-0.1, -0.05) is 0 Å². The fraction of sp³-hybridized carbons (Fsp3) is 0.909. The number of hydrogen-bond donors (Lipinski definition) is 1. The maximum Gasteiger partial charge on any atom is 0.320 e. The van der Waals surface area contributed by atoms with E-state index < -0.39 is 0 Å². The number of nitrogens with one attached hydrogen (secondary N) is 1. The second-order valence-electron chi connectivity index (χ2n) is 4.88. The minimum Gasteiger partial charge on any atom is -0.371 e. The summed E-state index contributed by atoms with van der Waals surface area (Å²) in [5.41, 5.74) is 0. The van der Waals surface area contributed by atoms with E-state index in [0.29, 0.717) is 12.2 Å². The highest BCUT2D eigenvalue weighted by Crippen LogP contribution is 2.26. The third-order valence-electron chi connectivity index (χ3n) is 3.70. The van der Waals surface area contributed by atoms with Gasteiger partial charge in [-0.25, -0.2) is 4.79 Å². The third-order valence-corrected chi connectivity index (χ3v) is 3.70. The van der Waals surface area contributed by atoms with Crippen LogP contribution in [0.1, 0.15) is 12.8 Å². The molecular formula is C11H19N3O2. The summed E-state index contributed by atoms with van der Waals surface area (Å²) in [5, 5.41) is 3.27. The summed E-state index contributed by atoms with van der Waals surface area (Å²) in [6.45, 7) is 5.10. The van der Waals surface area contributed by atoms with Crippen LogP contribution >= 0.6 is 0 Å². The van der Waals surface area contributed by atoms with Crippen molar-refractivity contribution in [3.8, 4) is 0 Å². The first-order valence-electron chi connectivity index (χ1n) is 6.23. The highest BCUT2D eigenvalue weighted by molar-refractivity contribution is 5.74. The first-order chi connectivity index (χ1) is 7.83. The van der Waals surface area contributed by atoms with Crippen molar-refractivity contribution in [3.63, 3.8) is 0 Å². The number of rotatable bonds is 0. The molecule has 0 aliphatic carbocycles. The molecule has 2 atom stereocenters. The lowest BCUT2D eigenvalue weighted by Gasteiger charge is -2.37. The van der Waals surface area contributed by atoms with Gasteiger partial charge in [0.05, 0.1) is 12.2 Å². The van der Waals surface area contributed by atoms with Gasteiger partial charge in [-0.2, -0.15) is 0 Å². The first kappa shape index (κ1) is 10.4. The van der Waals surface area contributed by atoms with Crippen molar-refractivity contribution >= 4 is 6.03 Å². The van der Waals surface area contributed by atoms with E-state index in [1.54, 1.807) is 0 Å². The number of ether oxygens (including phenoxy) is 1. The number of carbonyl (C=O) groups is 1. The summed E-state index contributed by atoms with van der Waals surface area (Å²) < 4.78 is 5.74. The van der Waals surface area contributed by atoms with Crippen LogP contribution in [-0.2, 0) is 4.74 Å². The Bertz CT molecular complexity index is 266. The van der Waals surface area contributed by atoms with Crippen LogP contribution in [0, 0.1) is 0 Å². The van der Waals surface area contributed by atoms with Gasteiger partial charge in [0.15, 0.2) is 0 Å². The number of fused-ring (bicyclic) bond motifs is 2. The van der Waals surface area contributed by atoms with Crippen molar-refractivity contribution in [1.29, 1.82) is 0 Å². The second kappa shape index (κ2) is 4.22. The zero-order valence-corrected chi connectivity index (χ0v) is 9.52. The highest BCUT2D eigenvalue weighted by atomic mass is 16.5. The summed E-state index contributed by atoms with van der Waals surface area (Å²) in [7, 11) is 0. The fourth-order valence-electron chi connectivity index (χ4n) is 2.83. The monoisotopic (exact) mass is 225 g/mol. The van der Waals surface area contributed by atoms with Crippen LogP contribution < -0.4 is 5.32 Å². The van der Waals surface area contributed by atoms with E-state index in [2.05, 4.69) is 5.32 Å².